The molecule has 3 rings (SSSR count). The molecule has 0 spiro atoms. The fraction of sp³-hybridized carbons (Fsp3) is 0.438. The Balaban J connectivity index is 1.63. The first-order valence-corrected chi connectivity index (χ1v) is 7.50. The fourth-order valence-electron chi connectivity index (χ4n) is 2.56. The van der Waals surface area contributed by atoms with Crippen LogP contribution in [0.3, 0.4) is 0 Å². The van der Waals surface area contributed by atoms with Crippen molar-refractivity contribution in [3.05, 3.63) is 46.8 Å². The number of morpholine rings is 1. The van der Waals surface area contributed by atoms with E-state index in [0.717, 1.165) is 5.56 Å². The van der Waals surface area contributed by atoms with Crippen LogP contribution >= 0.6 is 0 Å². The van der Waals surface area contributed by atoms with Crippen molar-refractivity contribution in [3.8, 4) is 11.3 Å². The van der Waals surface area contributed by atoms with Gasteiger partial charge in [0.05, 0.1) is 25.8 Å². The van der Waals surface area contributed by atoms with Crippen molar-refractivity contribution < 1.29 is 14.4 Å². The van der Waals surface area contributed by atoms with Crippen LogP contribution in [-0.2, 0) is 11.3 Å². The van der Waals surface area contributed by atoms with Gasteiger partial charge in [-0.1, -0.05) is 30.3 Å². The van der Waals surface area contributed by atoms with Gasteiger partial charge in [0.15, 0.2) is 5.76 Å². The number of nitrogens with zero attached hydrogens (tertiary/aromatic N) is 2. The Bertz CT molecular complexity index is 644. The van der Waals surface area contributed by atoms with E-state index < -0.39 is 6.23 Å². The van der Waals surface area contributed by atoms with E-state index in [2.05, 4.69) is 0 Å². The fourth-order valence-corrected chi connectivity index (χ4v) is 2.56. The highest BCUT2D eigenvalue weighted by atomic mass is 16.5. The summed E-state index contributed by atoms with van der Waals surface area (Å²) in [5.41, 5.74) is 0.681. The van der Waals surface area contributed by atoms with Crippen LogP contribution in [0, 0.1) is 0 Å². The highest BCUT2D eigenvalue weighted by molar-refractivity contribution is 5.55. The van der Waals surface area contributed by atoms with E-state index in [4.69, 9.17) is 9.26 Å². The van der Waals surface area contributed by atoms with Crippen molar-refractivity contribution in [2.75, 3.05) is 26.3 Å². The molecule has 1 aliphatic heterocycles. The molecular weight excluding hydrogens is 284 g/mol. The number of ether oxygens (including phenoxy) is 1. The van der Waals surface area contributed by atoms with Gasteiger partial charge in [0.1, 0.15) is 6.23 Å². The lowest BCUT2D eigenvalue weighted by atomic mass is 10.2. The van der Waals surface area contributed by atoms with E-state index >= 15 is 0 Å². The summed E-state index contributed by atoms with van der Waals surface area (Å²) in [6, 6.07) is 11.0. The standard InChI is InChI=1S/C16H20N2O4/c19-15(17-8-10-21-11-9-17)6-7-18-16(20)12-14(22-18)13-4-2-1-3-5-13/h1-5,12,15,19H,6-11H2. The lowest BCUT2D eigenvalue weighted by Gasteiger charge is -2.30. The normalized spacial score (nSPS) is 17.5. The van der Waals surface area contributed by atoms with Crippen molar-refractivity contribution in [2.45, 2.75) is 19.2 Å². The van der Waals surface area contributed by atoms with Gasteiger partial charge in [0, 0.05) is 25.1 Å². The van der Waals surface area contributed by atoms with Gasteiger partial charge in [-0.25, -0.2) is 0 Å². The third kappa shape index (κ3) is 3.47. The molecule has 1 unspecified atom stereocenters. The number of hydrogen-bond donors (Lipinski definition) is 1. The Morgan fingerprint density at radius 2 is 1.91 bits per heavy atom. The highest BCUT2D eigenvalue weighted by Crippen LogP contribution is 2.17. The zero-order chi connectivity index (χ0) is 15.4. The lowest BCUT2D eigenvalue weighted by Crippen LogP contribution is -2.44. The first-order valence-electron chi connectivity index (χ1n) is 7.50. The maximum absolute atomic E-state index is 12.0. The van der Waals surface area contributed by atoms with E-state index in [9.17, 15) is 9.90 Å². The van der Waals surface area contributed by atoms with Gasteiger partial charge in [-0.2, -0.15) is 4.74 Å². The molecule has 0 radical (unpaired) electrons. The predicted molar refractivity (Wildman–Crippen MR) is 81.4 cm³/mol. The number of benzene rings is 1. The molecule has 1 saturated heterocycles. The van der Waals surface area contributed by atoms with Crippen LogP contribution in [0.25, 0.3) is 11.3 Å². The van der Waals surface area contributed by atoms with Gasteiger partial charge >= 0.3 is 0 Å². The monoisotopic (exact) mass is 304 g/mol. The molecule has 0 amide bonds. The van der Waals surface area contributed by atoms with Gasteiger partial charge in [-0.05, 0) is 0 Å². The number of aliphatic hydroxyl groups is 1. The first kappa shape index (κ1) is 15.0. The minimum Gasteiger partial charge on any atom is -0.379 e. The molecule has 6 nitrogen and oxygen atoms in total. The average molecular weight is 304 g/mol. The number of aryl methyl sites for hydroxylation is 1. The summed E-state index contributed by atoms with van der Waals surface area (Å²) in [5, 5.41) is 10.2. The average Bonchev–Trinajstić information content (AvgIpc) is 2.95. The first-order chi connectivity index (χ1) is 10.7. The molecule has 1 aromatic heterocycles. The summed E-state index contributed by atoms with van der Waals surface area (Å²) in [6.07, 6.45) is -0.136. The second-order valence-corrected chi connectivity index (χ2v) is 5.32. The number of rotatable bonds is 5. The topological polar surface area (TPSA) is 67.8 Å². The maximum Gasteiger partial charge on any atom is 0.283 e. The molecule has 118 valence electrons. The van der Waals surface area contributed by atoms with Crippen molar-refractivity contribution >= 4 is 0 Å². The van der Waals surface area contributed by atoms with Crippen LogP contribution in [0.5, 0.6) is 0 Å². The molecule has 1 aromatic carbocycles. The SMILES string of the molecule is O=c1cc(-c2ccccc2)on1CCC(O)N1CCOCC1. The Kier molecular flexibility index (Phi) is 4.72. The molecule has 0 aliphatic carbocycles. The lowest BCUT2D eigenvalue weighted by molar-refractivity contribution is -0.0650. The van der Waals surface area contributed by atoms with Gasteiger partial charge < -0.3 is 14.4 Å². The van der Waals surface area contributed by atoms with Crippen molar-refractivity contribution in [2.24, 2.45) is 0 Å². The quantitative estimate of drug-likeness (QED) is 0.897. The van der Waals surface area contributed by atoms with Crippen LogP contribution in [0.15, 0.2) is 45.7 Å². The Morgan fingerprint density at radius 1 is 1.18 bits per heavy atom. The van der Waals surface area contributed by atoms with Gasteiger partial charge in [-0.3, -0.25) is 9.69 Å². The van der Waals surface area contributed by atoms with E-state index in [1.165, 1.54) is 10.8 Å². The van der Waals surface area contributed by atoms with Crippen LogP contribution in [0.4, 0.5) is 0 Å². The van der Waals surface area contributed by atoms with Gasteiger partial charge in [0.25, 0.3) is 5.56 Å². The molecule has 1 fully saturated rings. The third-order valence-corrected chi connectivity index (χ3v) is 3.82. The Hall–Kier alpha value is -1.89. The zero-order valence-electron chi connectivity index (χ0n) is 12.4. The minimum atomic E-state index is -0.582. The number of hydrogen-bond acceptors (Lipinski definition) is 5. The summed E-state index contributed by atoms with van der Waals surface area (Å²) < 4.78 is 12.1. The summed E-state index contributed by atoms with van der Waals surface area (Å²) >= 11 is 0. The molecule has 2 heterocycles. The van der Waals surface area contributed by atoms with Gasteiger partial charge in [-0.15, -0.1) is 0 Å². The summed E-state index contributed by atoms with van der Waals surface area (Å²) in [4.78, 5) is 13.9. The van der Waals surface area contributed by atoms with Crippen molar-refractivity contribution in [1.82, 2.24) is 9.64 Å². The largest absolute Gasteiger partial charge is 0.379 e. The molecule has 6 heteroatoms. The number of aromatic nitrogens is 1. The third-order valence-electron chi connectivity index (χ3n) is 3.82. The van der Waals surface area contributed by atoms with Crippen LogP contribution in [0.2, 0.25) is 0 Å². The molecule has 1 atom stereocenters. The van der Waals surface area contributed by atoms with E-state index in [0.29, 0.717) is 45.0 Å². The second kappa shape index (κ2) is 6.91. The summed E-state index contributed by atoms with van der Waals surface area (Å²) in [7, 11) is 0. The predicted octanol–water partition coefficient (Wildman–Crippen LogP) is 1.15. The van der Waals surface area contributed by atoms with Crippen molar-refractivity contribution in [1.29, 1.82) is 0 Å². The Morgan fingerprint density at radius 3 is 2.64 bits per heavy atom. The van der Waals surface area contributed by atoms with Crippen LogP contribution in [0.1, 0.15) is 6.42 Å². The Labute approximate surface area is 128 Å². The highest BCUT2D eigenvalue weighted by Gasteiger charge is 2.19. The van der Waals surface area contributed by atoms with E-state index in [1.807, 2.05) is 35.2 Å². The van der Waals surface area contributed by atoms with Crippen LogP contribution in [-0.4, -0.2) is 47.3 Å². The second-order valence-electron chi connectivity index (χ2n) is 5.32. The molecular formula is C16H20N2O4. The summed E-state index contributed by atoms with van der Waals surface area (Å²) in [5.74, 6) is 0.548. The zero-order valence-corrected chi connectivity index (χ0v) is 12.4. The van der Waals surface area contributed by atoms with Gasteiger partial charge in [0.2, 0.25) is 0 Å². The van der Waals surface area contributed by atoms with E-state index in [1.54, 1.807) is 0 Å². The molecule has 1 aliphatic rings. The van der Waals surface area contributed by atoms with Crippen molar-refractivity contribution in [3.63, 3.8) is 0 Å². The molecule has 1 N–H and O–H groups in total. The van der Waals surface area contributed by atoms with E-state index in [-0.39, 0.29) is 5.56 Å². The van der Waals surface area contributed by atoms with Crippen LogP contribution < -0.4 is 5.56 Å². The molecule has 22 heavy (non-hydrogen) atoms. The molecule has 2 aromatic rings. The number of aliphatic hydroxyl groups excluding tert-OH is 1. The summed E-state index contributed by atoms with van der Waals surface area (Å²) in [6.45, 7) is 3.04. The maximum atomic E-state index is 12.0. The molecule has 0 saturated carbocycles. The molecule has 0 bridgehead atoms. The minimum absolute atomic E-state index is 0.187. The smallest absolute Gasteiger partial charge is 0.283 e.